The minimum atomic E-state index is 0.0926. The number of nitrogens with one attached hydrogen (secondary N) is 1. The summed E-state index contributed by atoms with van der Waals surface area (Å²) in [7, 11) is 0. The van der Waals surface area contributed by atoms with Crippen molar-refractivity contribution in [1.29, 1.82) is 0 Å². The minimum absolute atomic E-state index is 0.0926. The van der Waals surface area contributed by atoms with Gasteiger partial charge in [-0.15, -0.1) is 22.9 Å². The average molecular weight is 244 g/mol. The maximum absolute atomic E-state index is 11.6. The van der Waals surface area contributed by atoms with E-state index in [9.17, 15) is 4.79 Å². The van der Waals surface area contributed by atoms with Crippen LogP contribution in [0.4, 0.5) is 0 Å². The maximum atomic E-state index is 11.6. The molecule has 2 nitrogen and oxygen atoms in total. The molecule has 1 N–H and O–H groups in total. The Labute approximate surface area is 98.6 Å². The molecule has 82 valence electrons. The zero-order valence-corrected chi connectivity index (χ0v) is 9.98. The van der Waals surface area contributed by atoms with Crippen molar-refractivity contribution in [3.63, 3.8) is 0 Å². The fourth-order valence-corrected chi connectivity index (χ4v) is 2.95. The van der Waals surface area contributed by atoms with Gasteiger partial charge in [-0.25, -0.2) is 0 Å². The molecule has 1 fully saturated rings. The van der Waals surface area contributed by atoms with E-state index in [4.69, 9.17) is 11.6 Å². The summed E-state index contributed by atoms with van der Waals surface area (Å²) in [6, 6.07) is 4.13. The molecule has 0 saturated heterocycles. The van der Waals surface area contributed by atoms with Crippen LogP contribution in [0, 0.1) is 0 Å². The van der Waals surface area contributed by atoms with Crippen LogP contribution in [0.25, 0.3) is 0 Å². The molecule has 0 radical (unpaired) electrons. The predicted octanol–water partition coefficient (Wildman–Crippen LogP) is 2.57. The molecule has 0 aromatic carbocycles. The summed E-state index contributed by atoms with van der Waals surface area (Å²) in [5, 5.41) is 5.11. The van der Waals surface area contributed by atoms with Crippen molar-refractivity contribution in [2.24, 2.45) is 0 Å². The number of hydrogen-bond donors (Lipinski definition) is 1. The third-order valence-electron chi connectivity index (χ3n) is 2.69. The highest BCUT2D eigenvalue weighted by Crippen LogP contribution is 2.24. The van der Waals surface area contributed by atoms with Gasteiger partial charge < -0.3 is 5.32 Å². The largest absolute Gasteiger partial charge is 0.352 e. The lowest BCUT2D eigenvalue weighted by atomic mass is 10.2. The first-order chi connectivity index (χ1) is 7.25. The van der Waals surface area contributed by atoms with Crippen LogP contribution < -0.4 is 5.32 Å². The Hall–Kier alpha value is -0.540. The van der Waals surface area contributed by atoms with Gasteiger partial charge in [-0.2, -0.15) is 0 Å². The number of thiophene rings is 1. The first-order valence-electron chi connectivity index (χ1n) is 5.21. The maximum Gasteiger partial charge on any atom is 0.225 e. The highest BCUT2D eigenvalue weighted by Gasteiger charge is 2.26. The molecular weight excluding hydrogens is 230 g/mol. The van der Waals surface area contributed by atoms with Gasteiger partial charge in [0.2, 0.25) is 5.91 Å². The van der Waals surface area contributed by atoms with E-state index in [1.807, 2.05) is 17.5 Å². The number of carbonyl (C=O) groups excluding carboxylic acids is 1. The van der Waals surface area contributed by atoms with Gasteiger partial charge in [0.15, 0.2) is 0 Å². The van der Waals surface area contributed by atoms with Crippen LogP contribution in [0.15, 0.2) is 17.5 Å². The van der Waals surface area contributed by atoms with Crippen molar-refractivity contribution in [2.75, 3.05) is 0 Å². The Morgan fingerprint density at radius 3 is 3.07 bits per heavy atom. The molecular formula is C11H14ClNOS. The van der Waals surface area contributed by atoms with E-state index in [1.165, 1.54) is 0 Å². The van der Waals surface area contributed by atoms with Crippen LogP contribution >= 0.6 is 22.9 Å². The van der Waals surface area contributed by atoms with Crippen molar-refractivity contribution >= 4 is 28.8 Å². The second kappa shape index (κ2) is 4.99. The van der Waals surface area contributed by atoms with E-state index >= 15 is 0 Å². The highest BCUT2D eigenvalue weighted by atomic mass is 35.5. The fraction of sp³-hybridized carbons (Fsp3) is 0.545. The average Bonchev–Trinajstić information content (AvgIpc) is 2.79. The summed E-state index contributed by atoms with van der Waals surface area (Å²) < 4.78 is 0. The number of alkyl halides is 1. The van der Waals surface area contributed by atoms with E-state index < -0.39 is 0 Å². The van der Waals surface area contributed by atoms with Gasteiger partial charge in [0, 0.05) is 10.9 Å². The zero-order valence-electron chi connectivity index (χ0n) is 8.41. The molecule has 0 bridgehead atoms. The number of halogens is 1. The summed E-state index contributed by atoms with van der Waals surface area (Å²) >= 11 is 7.71. The predicted molar refractivity (Wildman–Crippen MR) is 63.4 cm³/mol. The van der Waals surface area contributed by atoms with E-state index in [-0.39, 0.29) is 17.3 Å². The summed E-state index contributed by atoms with van der Waals surface area (Å²) in [5.41, 5.74) is 0. The molecule has 2 atom stereocenters. The lowest BCUT2D eigenvalue weighted by Gasteiger charge is -2.15. The Balaban J connectivity index is 1.82. The van der Waals surface area contributed by atoms with Crippen molar-refractivity contribution in [1.82, 2.24) is 5.32 Å². The van der Waals surface area contributed by atoms with E-state index in [0.29, 0.717) is 6.42 Å². The van der Waals surface area contributed by atoms with Crippen LogP contribution in [0.1, 0.15) is 24.1 Å². The van der Waals surface area contributed by atoms with E-state index in [0.717, 1.165) is 24.1 Å². The van der Waals surface area contributed by atoms with E-state index in [2.05, 4.69) is 5.32 Å². The van der Waals surface area contributed by atoms with Crippen molar-refractivity contribution < 1.29 is 4.79 Å². The van der Waals surface area contributed by atoms with Gasteiger partial charge in [0.05, 0.1) is 11.8 Å². The molecule has 0 spiro atoms. The van der Waals surface area contributed by atoms with Crippen LogP contribution in [0.5, 0.6) is 0 Å². The Morgan fingerprint density at radius 1 is 1.60 bits per heavy atom. The van der Waals surface area contributed by atoms with Crippen LogP contribution in [0.3, 0.4) is 0 Å². The number of rotatable bonds is 3. The number of carbonyl (C=O) groups is 1. The fourth-order valence-electron chi connectivity index (χ4n) is 1.91. The number of amides is 1. The normalized spacial score (nSPS) is 25.4. The third kappa shape index (κ3) is 2.95. The van der Waals surface area contributed by atoms with Gasteiger partial charge in [-0.3, -0.25) is 4.79 Å². The molecule has 1 amide bonds. The lowest BCUT2D eigenvalue weighted by Crippen LogP contribution is -2.38. The zero-order chi connectivity index (χ0) is 10.7. The molecule has 15 heavy (non-hydrogen) atoms. The van der Waals surface area contributed by atoms with Gasteiger partial charge in [-0.1, -0.05) is 6.07 Å². The Kier molecular flexibility index (Phi) is 3.65. The molecule has 1 aromatic rings. The third-order valence-corrected chi connectivity index (χ3v) is 4.09. The molecule has 0 aliphatic heterocycles. The standard InChI is InChI=1S/C11H14ClNOS/c12-9-4-1-5-10(9)13-11(14)7-8-3-2-6-15-8/h2-3,6,9-10H,1,4-5,7H2,(H,13,14). The van der Waals surface area contributed by atoms with Crippen molar-refractivity contribution in [2.45, 2.75) is 37.1 Å². The Bertz CT molecular complexity index is 325. The smallest absolute Gasteiger partial charge is 0.225 e. The SMILES string of the molecule is O=C(Cc1cccs1)NC1CCCC1Cl. The molecule has 1 saturated carbocycles. The number of hydrogen-bond acceptors (Lipinski definition) is 2. The van der Waals surface area contributed by atoms with Gasteiger partial charge in [-0.05, 0) is 30.7 Å². The Morgan fingerprint density at radius 2 is 2.47 bits per heavy atom. The highest BCUT2D eigenvalue weighted by molar-refractivity contribution is 7.10. The van der Waals surface area contributed by atoms with E-state index in [1.54, 1.807) is 11.3 Å². The molecule has 1 aliphatic carbocycles. The molecule has 1 heterocycles. The van der Waals surface area contributed by atoms with Crippen molar-refractivity contribution in [3.8, 4) is 0 Å². The topological polar surface area (TPSA) is 29.1 Å². The molecule has 2 unspecified atom stereocenters. The lowest BCUT2D eigenvalue weighted by molar-refractivity contribution is -0.121. The van der Waals surface area contributed by atoms with Gasteiger partial charge in [0.25, 0.3) is 0 Å². The summed E-state index contributed by atoms with van der Waals surface area (Å²) in [4.78, 5) is 12.8. The summed E-state index contributed by atoms with van der Waals surface area (Å²) in [6.45, 7) is 0. The van der Waals surface area contributed by atoms with Crippen molar-refractivity contribution in [3.05, 3.63) is 22.4 Å². The molecule has 1 aromatic heterocycles. The second-order valence-corrected chi connectivity index (χ2v) is 5.47. The van der Waals surface area contributed by atoms with Crippen LogP contribution in [-0.2, 0) is 11.2 Å². The molecule has 1 aliphatic rings. The van der Waals surface area contributed by atoms with Crippen LogP contribution in [-0.4, -0.2) is 17.3 Å². The quantitative estimate of drug-likeness (QED) is 0.813. The van der Waals surface area contributed by atoms with Gasteiger partial charge in [0.1, 0.15) is 0 Å². The monoisotopic (exact) mass is 243 g/mol. The first kappa shape index (κ1) is 11.0. The summed E-state index contributed by atoms with van der Waals surface area (Å²) in [5.74, 6) is 0.0926. The first-order valence-corrected chi connectivity index (χ1v) is 6.53. The summed E-state index contributed by atoms with van der Waals surface area (Å²) in [6.07, 6.45) is 3.64. The second-order valence-electron chi connectivity index (χ2n) is 3.88. The minimum Gasteiger partial charge on any atom is -0.352 e. The molecule has 4 heteroatoms. The van der Waals surface area contributed by atoms with Gasteiger partial charge >= 0.3 is 0 Å². The van der Waals surface area contributed by atoms with Crippen LogP contribution in [0.2, 0.25) is 0 Å². The molecule has 2 rings (SSSR count).